The van der Waals surface area contributed by atoms with E-state index in [9.17, 15) is 4.21 Å². The van der Waals surface area contributed by atoms with Gasteiger partial charge in [-0.25, -0.2) is 0 Å². The normalized spacial score (nSPS) is 8.30. The van der Waals surface area contributed by atoms with Crippen LogP contribution in [0.4, 0.5) is 0 Å². The molecule has 10 heavy (non-hydrogen) atoms. The highest BCUT2D eigenvalue weighted by molar-refractivity contribution is 7.83. The van der Waals surface area contributed by atoms with Gasteiger partial charge in [-0.05, 0) is 0 Å². The van der Waals surface area contributed by atoms with Crippen molar-refractivity contribution < 1.29 is 4.21 Å². The van der Waals surface area contributed by atoms with E-state index in [1.165, 1.54) is 0 Å². The van der Waals surface area contributed by atoms with Crippen molar-refractivity contribution in [2.24, 2.45) is 0 Å². The second kappa shape index (κ2) is 8.15. The Balaban J connectivity index is 0. The molecule has 0 aromatic rings. The highest BCUT2D eigenvalue weighted by Gasteiger charge is 1.88. The average Bonchev–Trinajstić information content (AvgIpc) is 1.63. The largest absolute Gasteiger partial charge is 0.260 e. The predicted octanol–water partition coefficient (Wildman–Crippen LogP) is 3.06. The Morgan fingerprint density at radius 2 is 1.10 bits per heavy atom. The van der Waals surface area contributed by atoms with Crippen LogP contribution in [-0.4, -0.2) is 16.7 Å². The third kappa shape index (κ3) is 23.0. The van der Waals surface area contributed by atoms with Crippen molar-refractivity contribution in [3.05, 3.63) is 8.98 Å². The first-order chi connectivity index (χ1) is 4.37. The third-order valence-electron chi connectivity index (χ3n) is 0.143. The minimum absolute atomic E-state index is 0.0988. The maximum absolute atomic E-state index is 9.56. The summed E-state index contributed by atoms with van der Waals surface area (Å²) in [6, 6.07) is 0. The van der Waals surface area contributed by atoms with Crippen molar-refractivity contribution in [3.8, 4) is 0 Å². The van der Waals surface area contributed by atoms with Crippen molar-refractivity contribution in [1.82, 2.24) is 0 Å². The van der Waals surface area contributed by atoms with Crippen molar-refractivity contribution in [1.29, 1.82) is 0 Å². The average molecular weight is 244 g/mol. The lowest BCUT2D eigenvalue weighted by atomic mass is 11.2. The van der Waals surface area contributed by atoms with Crippen molar-refractivity contribution >= 4 is 57.2 Å². The molecule has 6 heteroatoms. The number of hydrogen-bond donors (Lipinski definition) is 0. The van der Waals surface area contributed by atoms with E-state index in [0.717, 1.165) is 0 Å². The molecular formula is C4H6Cl4OS. The van der Waals surface area contributed by atoms with Crippen LogP contribution in [0.5, 0.6) is 0 Å². The lowest BCUT2D eigenvalue weighted by Gasteiger charge is -1.75. The maximum atomic E-state index is 9.56. The number of hydrogen-bond acceptors (Lipinski definition) is 1. The molecule has 0 aromatic heterocycles. The number of rotatable bonds is 0. The molecule has 0 heterocycles. The summed E-state index contributed by atoms with van der Waals surface area (Å²) < 4.78 is 9.36. The van der Waals surface area contributed by atoms with Gasteiger partial charge in [-0.15, -0.1) is 0 Å². The van der Waals surface area contributed by atoms with Crippen LogP contribution >= 0.6 is 46.4 Å². The van der Waals surface area contributed by atoms with Crippen LogP contribution in [0.25, 0.3) is 0 Å². The summed E-state index contributed by atoms with van der Waals surface area (Å²) >= 11 is 20.0. The molecule has 0 bridgehead atoms. The van der Waals surface area contributed by atoms with Crippen molar-refractivity contribution in [2.75, 3.05) is 12.5 Å². The molecule has 0 aliphatic rings. The molecule has 0 aliphatic heterocycles. The number of halogens is 4. The van der Waals surface area contributed by atoms with Gasteiger partial charge in [0.15, 0.2) is 0 Å². The van der Waals surface area contributed by atoms with E-state index in [2.05, 4.69) is 0 Å². The quantitative estimate of drug-likeness (QED) is 0.639. The predicted molar refractivity (Wildman–Crippen MR) is 50.4 cm³/mol. The van der Waals surface area contributed by atoms with E-state index in [1.54, 1.807) is 12.5 Å². The van der Waals surface area contributed by atoms with Crippen LogP contribution in [-0.2, 0) is 10.8 Å². The topological polar surface area (TPSA) is 17.1 Å². The van der Waals surface area contributed by atoms with Crippen LogP contribution in [0.3, 0.4) is 0 Å². The Labute approximate surface area is 82.7 Å². The van der Waals surface area contributed by atoms with Gasteiger partial charge in [0.25, 0.3) is 0 Å². The molecule has 0 fully saturated rings. The first-order valence-corrected chi connectivity index (χ1v) is 5.47. The molecule has 0 amide bonds. The summed E-state index contributed by atoms with van der Waals surface area (Å²) in [5, 5.41) is 0. The molecule has 0 aliphatic carbocycles. The molecule has 0 N–H and O–H groups in total. The van der Waals surface area contributed by atoms with Gasteiger partial charge in [-0.3, -0.25) is 4.21 Å². The molecule has 0 rings (SSSR count). The zero-order valence-electron chi connectivity index (χ0n) is 5.33. The molecule has 0 unspecified atom stereocenters. The molecule has 1 nitrogen and oxygen atoms in total. The van der Waals surface area contributed by atoms with E-state index in [-0.39, 0.29) is 8.98 Å². The lowest BCUT2D eigenvalue weighted by Crippen LogP contribution is -1.70. The van der Waals surface area contributed by atoms with Crippen LogP contribution in [0.15, 0.2) is 8.98 Å². The van der Waals surface area contributed by atoms with Crippen LogP contribution < -0.4 is 0 Å². The lowest BCUT2D eigenvalue weighted by molar-refractivity contribution is 0.690. The van der Waals surface area contributed by atoms with Crippen LogP contribution in [0.2, 0.25) is 0 Å². The molecular weight excluding hydrogens is 238 g/mol. The monoisotopic (exact) mass is 242 g/mol. The molecule has 0 spiro atoms. The van der Waals surface area contributed by atoms with Crippen LogP contribution in [0, 0.1) is 0 Å². The third-order valence-corrected chi connectivity index (χ3v) is 1.29. The first-order valence-electron chi connectivity index (χ1n) is 1.99. The van der Waals surface area contributed by atoms with Gasteiger partial charge >= 0.3 is 0 Å². The summed E-state index contributed by atoms with van der Waals surface area (Å²) in [5.41, 5.74) is 0. The van der Waals surface area contributed by atoms with Gasteiger partial charge in [0.1, 0.15) is 8.98 Å². The van der Waals surface area contributed by atoms with E-state index in [1.807, 2.05) is 0 Å². The maximum Gasteiger partial charge on any atom is 0.136 e. The van der Waals surface area contributed by atoms with Crippen molar-refractivity contribution in [3.63, 3.8) is 0 Å². The van der Waals surface area contributed by atoms with Gasteiger partial charge in [0, 0.05) is 23.3 Å². The molecule has 0 saturated heterocycles. The summed E-state index contributed by atoms with van der Waals surface area (Å²) in [5.74, 6) is 0. The molecule has 0 radical (unpaired) electrons. The van der Waals surface area contributed by atoms with E-state index in [0.29, 0.717) is 0 Å². The smallest absolute Gasteiger partial charge is 0.136 e. The summed E-state index contributed by atoms with van der Waals surface area (Å²) in [4.78, 5) is 0. The first kappa shape index (κ1) is 13.6. The Kier molecular flexibility index (Phi) is 11.1. The van der Waals surface area contributed by atoms with Gasteiger partial charge in [-0.1, -0.05) is 46.4 Å². The van der Waals surface area contributed by atoms with Gasteiger partial charge in [0.2, 0.25) is 0 Å². The fraction of sp³-hybridized carbons (Fsp3) is 0.500. The van der Waals surface area contributed by atoms with E-state index in [4.69, 9.17) is 46.4 Å². The molecule has 0 aromatic carbocycles. The van der Waals surface area contributed by atoms with Gasteiger partial charge in [0.05, 0.1) is 0 Å². The molecule has 0 saturated carbocycles. The summed E-state index contributed by atoms with van der Waals surface area (Å²) in [7, 11) is -0.611. The van der Waals surface area contributed by atoms with E-state index < -0.39 is 10.8 Å². The molecule has 0 atom stereocenters. The highest BCUT2D eigenvalue weighted by Crippen LogP contribution is 2.20. The standard InChI is InChI=1S/C2Cl4.C2H6OS/c3-1(4)2(5)6;1-4(2)3/h;1-2H3. The SMILES string of the molecule is CS(C)=O.ClC(Cl)=C(Cl)Cl. The Bertz CT molecular complexity index is 122. The van der Waals surface area contributed by atoms with Crippen molar-refractivity contribution in [2.45, 2.75) is 0 Å². The minimum Gasteiger partial charge on any atom is -0.260 e. The zero-order valence-corrected chi connectivity index (χ0v) is 9.17. The van der Waals surface area contributed by atoms with Gasteiger partial charge in [-0.2, -0.15) is 0 Å². The summed E-state index contributed by atoms with van der Waals surface area (Å²) in [6.45, 7) is 0. The zero-order chi connectivity index (χ0) is 8.73. The minimum atomic E-state index is -0.611. The highest BCUT2D eigenvalue weighted by atomic mass is 35.5. The van der Waals surface area contributed by atoms with Gasteiger partial charge < -0.3 is 0 Å². The fourth-order valence-corrected chi connectivity index (χ4v) is 0. The molecule has 62 valence electrons. The fourth-order valence-electron chi connectivity index (χ4n) is 0. The Morgan fingerprint density at radius 3 is 1.10 bits per heavy atom. The summed E-state index contributed by atoms with van der Waals surface area (Å²) in [6.07, 6.45) is 3.28. The Morgan fingerprint density at radius 1 is 1.00 bits per heavy atom. The second-order valence-corrected chi connectivity index (χ2v) is 4.64. The Hall–Kier alpha value is 1.05. The second-order valence-electron chi connectivity index (χ2n) is 1.26. The van der Waals surface area contributed by atoms with E-state index >= 15 is 0 Å². The van der Waals surface area contributed by atoms with Crippen LogP contribution in [0.1, 0.15) is 0 Å².